The Morgan fingerprint density at radius 3 is 3.07 bits per heavy atom. The summed E-state index contributed by atoms with van der Waals surface area (Å²) in [6.45, 7) is 6.94. The maximum absolute atomic E-state index is 14.3. The monoisotopic (exact) mass is 400 g/mol. The van der Waals surface area contributed by atoms with Gasteiger partial charge in [0.25, 0.3) is 0 Å². The normalized spacial score (nSPS) is 18.8. The summed E-state index contributed by atoms with van der Waals surface area (Å²) in [7, 11) is 0. The predicted octanol–water partition coefficient (Wildman–Crippen LogP) is 5.07. The highest BCUT2D eigenvalue weighted by Gasteiger charge is 2.23. The van der Waals surface area contributed by atoms with E-state index in [9.17, 15) is 4.39 Å². The fourth-order valence-electron chi connectivity index (χ4n) is 3.37. The van der Waals surface area contributed by atoms with Crippen molar-refractivity contribution in [3.63, 3.8) is 0 Å². The van der Waals surface area contributed by atoms with Crippen molar-refractivity contribution in [1.29, 1.82) is 0 Å². The second-order valence-electron chi connectivity index (χ2n) is 7.14. The van der Waals surface area contributed by atoms with Gasteiger partial charge in [0.15, 0.2) is 11.6 Å². The molecule has 1 aromatic carbocycles. The van der Waals surface area contributed by atoms with Gasteiger partial charge in [-0.15, -0.1) is 6.58 Å². The number of nitrogens with one attached hydrogen (secondary N) is 2. The van der Waals surface area contributed by atoms with E-state index in [2.05, 4.69) is 34.1 Å². The zero-order valence-electron chi connectivity index (χ0n) is 16.9. The summed E-state index contributed by atoms with van der Waals surface area (Å²) >= 11 is 0. The molecule has 0 aliphatic heterocycles. The number of ether oxygens (including phenoxy) is 2. The highest BCUT2D eigenvalue weighted by molar-refractivity contribution is 5.57. The molecule has 156 valence electrons. The van der Waals surface area contributed by atoms with Gasteiger partial charge in [0.2, 0.25) is 5.95 Å². The van der Waals surface area contributed by atoms with Crippen molar-refractivity contribution in [3.8, 4) is 5.75 Å². The van der Waals surface area contributed by atoms with Crippen LogP contribution in [0.2, 0.25) is 0 Å². The molecule has 29 heavy (non-hydrogen) atoms. The minimum atomic E-state index is -0.468. The summed E-state index contributed by atoms with van der Waals surface area (Å²) in [6.07, 6.45) is 7.85. The van der Waals surface area contributed by atoms with Crippen LogP contribution in [0, 0.1) is 5.82 Å². The summed E-state index contributed by atoms with van der Waals surface area (Å²) in [6, 6.07) is 7.66. The molecular weight excluding hydrogens is 371 g/mol. The van der Waals surface area contributed by atoms with Gasteiger partial charge in [0.05, 0.1) is 25.5 Å². The van der Waals surface area contributed by atoms with Gasteiger partial charge < -0.3 is 20.1 Å². The van der Waals surface area contributed by atoms with Gasteiger partial charge in [-0.05, 0) is 44.2 Å². The van der Waals surface area contributed by atoms with Gasteiger partial charge >= 0.3 is 0 Å². The number of nitrogens with zero attached hydrogens (tertiary/aromatic N) is 2. The van der Waals surface area contributed by atoms with E-state index >= 15 is 0 Å². The van der Waals surface area contributed by atoms with Crippen LogP contribution >= 0.6 is 0 Å². The molecular formula is C22H29FN4O2. The standard InChI is InChI=1S/C22H29FN4O2/c1-3-11-28-18-9-5-7-16(13-18)25-21-20(23)15-24-22(27-21)26-17-8-6-10-19(14-17)29-12-4-2/h3,6,8,10,14-16,18H,1,4-5,7,9,11-13H2,2H3,(H2,24,25,26,27). The highest BCUT2D eigenvalue weighted by Crippen LogP contribution is 2.26. The number of rotatable bonds is 10. The van der Waals surface area contributed by atoms with Crippen LogP contribution in [0.15, 0.2) is 43.1 Å². The molecule has 1 fully saturated rings. The molecule has 1 aliphatic carbocycles. The Balaban J connectivity index is 1.64. The first-order valence-electron chi connectivity index (χ1n) is 10.2. The van der Waals surface area contributed by atoms with E-state index < -0.39 is 5.82 Å². The predicted molar refractivity (Wildman–Crippen MR) is 113 cm³/mol. The van der Waals surface area contributed by atoms with Crippen molar-refractivity contribution in [2.45, 2.75) is 51.2 Å². The molecule has 1 aromatic heterocycles. The van der Waals surface area contributed by atoms with Crippen molar-refractivity contribution < 1.29 is 13.9 Å². The Labute approximate surface area is 171 Å². The van der Waals surface area contributed by atoms with Crippen molar-refractivity contribution >= 4 is 17.5 Å². The summed E-state index contributed by atoms with van der Waals surface area (Å²) in [5, 5.41) is 6.34. The summed E-state index contributed by atoms with van der Waals surface area (Å²) in [5.74, 6) is 0.835. The topological polar surface area (TPSA) is 68.3 Å². The van der Waals surface area contributed by atoms with E-state index in [1.54, 1.807) is 6.08 Å². The minimum Gasteiger partial charge on any atom is -0.494 e. The zero-order valence-corrected chi connectivity index (χ0v) is 16.9. The molecule has 2 unspecified atom stereocenters. The minimum absolute atomic E-state index is 0.113. The molecule has 0 radical (unpaired) electrons. The summed E-state index contributed by atoms with van der Waals surface area (Å²) < 4.78 is 25.7. The third-order valence-electron chi connectivity index (χ3n) is 4.72. The largest absolute Gasteiger partial charge is 0.494 e. The van der Waals surface area contributed by atoms with Crippen LogP contribution in [0.5, 0.6) is 5.75 Å². The van der Waals surface area contributed by atoms with Gasteiger partial charge in [0.1, 0.15) is 5.75 Å². The molecule has 0 amide bonds. The number of anilines is 3. The smallest absolute Gasteiger partial charge is 0.229 e. The maximum atomic E-state index is 14.3. The van der Waals surface area contributed by atoms with E-state index in [1.165, 1.54) is 6.20 Å². The Morgan fingerprint density at radius 1 is 1.34 bits per heavy atom. The molecule has 6 nitrogen and oxygen atoms in total. The quantitative estimate of drug-likeness (QED) is 0.543. The molecule has 0 saturated heterocycles. The first-order chi connectivity index (χ1) is 14.2. The first-order valence-corrected chi connectivity index (χ1v) is 10.2. The second-order valence-corrected chi connectivity index (χ2v) is 7.14. The Kier molecular flexibility index (Phi) is 7.81. The zero-order chi connectivity index (χ0) is 20.5. The molecule has 3 rings (SSSR count). The van der Waals surface area contributed by atoms with Crippen LogP contribution in [0.1, 0.15) is 39.0 Å². The lowest BCUT2D eigenvalue weighted by molar-refractivity contribution is 0.0432. The third-order valence-corrected chi connectivity index (χ3v) is 4.72. The van der Waals surface area contributed by atoms with Gasteiger partial charge in [-0.2, -0.15) is 4.98 Å². The molecule has 1 aliphatic rings. The lowest BCUT2D eigenvalue weighted by atomic mass is 9.93. The van der Waals surface area contributed by atoms with E-state index in [0.717, 1.165) is 43.5 Å². The van der Waals surface area contributed by atoms with Gasteiger partial charge in [-0.1, -0.05) is 19.1 Å². The molecule has 2 atom stereocenters. The summed E-state index contributed by atoms with van der Waals surface area (Å²) in [5.41, 5.74) is 0.784. The maximum Gasteiger partial charge on any atom is 0.229 e. The average molecular weight is 400 g/mol. The average Bonchev–Trinajstić information content (AvgIpc) is 2.74. The van der Waals surface area contributed by atoms with Crippen LogP contribution in [0.25, 0.3) is 0 Å². The fraction of sp³-hybridized carbons (Fsp3) is 0.455. The number of hydrogen-bond donors (Lipinski definition) is 2. The number of halogens is 1. The van der Waals surface area contributed by atoms with Crippen LogP contribution in [0.3, 0.4) is 0 Å². The van der Waals surface area contributed by atoms with Gasteiger partial charge in [-0.3, -0.25) is 0 Å². The van der Waals surface area contributed by atoms with Crippen LogP contribution in [-0.2, 0) is 4.74 Å². The number of benzene rings is 1. The third kappa shape index (κ3) is 6.42. The molecule has 1 heterocycles. The molecule has 0 spiro atoms. The molecule has 0 bridgehead atoms. The SMILES string of the molecule is C=CCOC1CCCC(Nc2nc(Nc3cccc(OCCC)c3)ncc2F)C1. The van der Waals surface area contributed by atoms with E-state index in [4.69, 9.17) is 9.47 Å². The van der Waals surface area contributed by atoms with Crippen molar-refractivity contribution in [2.75, 3.05) is 23.8 Å². The number of hydrogen-bond acceptors (Lipinski definition) is 6. The molecule has 1 saturated carbocycles. The van der Waals surface area contributed by atoms with Crippen molar-refractivity contribution in [3.05, 3.63) is 48.9 Å². The van der Waals surface area contributed by atoms with E-state index in [0.29, 0.717) is 19.2 Å². The highest BCUT2D eigenvalue weighted by atomic mass is 19.1. The lowest BCUT2D eigenvalue weighted by Gasteiger charge is -2.30. The fourth-order valence-corrected chi connectivity index (χ4v) is 3.37. The van der Waals surface area contributed by atoms with Crippen molar-refractivity contribution in [1.82, 2.24) is 9.97 Å². The summed E-state index contributed by atoms with van der Waals surface area (Å²) in [4.78, 5) is 8.40. The van der Waals surface area contributed by atoms with E-state index in [-0.39, 0.29) is 18.0 Å². The Morgan fingerprint density at radius 2 is 2.24 bits per heavy atom. The lowest BCUT2D eigenvalue weighted by Crippen LogP contribution is -2.32. The van der Waals surface area contributed by atoms with Gasteiger partial charge in [0, 0.05) is 17.8 Å². The van der Waals surface area contributed by atoms with Crippen LogP contribution < -0.4 is 15.4 Å². The van der Waals surface area contributed by atoms with E-state index in [1.807, 2.05) is 24.3 Å². The van der Waals surface area contributed by atoms with Crippen LogP contribution in [0.4, 0.5) is 21.8 Å². The second kappa shape index (κ2) is 10.8. The first kappa shape index (κ1) is 21.0. The van der Waals surface area contributed by atoms with Crippen LogP contribution in [-0.4, -0.2) is 35.3 Å². The molecule has 2 aromatic rings. The Hall–Kier alpha value is -2.67. The Bertz CT molecular complexity index is 802. The van der Waals surface area contributed by atoms with Crippen molar-refractivity contribution in [2.24, 2.45) is 0 Å². The van der Waals surface area contributed by atoms with Gasteiger partial charge in [-0.25, -0.2) is 9.37 Å². The molecule has 2 N–H and O–H groups in total. The number of aromatic nitrogens is 2. The molecule has 7 heteroatoms.